The molecule has 1 atom stereocenters. The van der Waals surface area contributed by atoms with Gasteiger partial charge in [-0.25, -0.2) is 0 Å². The van der Waals surface area contributed by atoms with Crippen LogP contribution in [0.25, 0.3) is 10.9 Å². The number of aromatic amines is 1. The number of fused-ring (bicyclic) bond motifs is 1. The fourth-order valence-corrected chi connectivity index (χ4v) is 5.47. The monoisotopic (exact) mass is 498 g/mol. The van der Waals surface area contributed by atoms with E-state index in [1.165, 1.54) is 23.8 Å². The normalized spacial score (nSPS) is 19.6. The highest BCUT2D eigenvalue weighted by atomic mass is 19.4. The second kappa shape index (κ2) is 9.97. The van der Waals surface area contributed by atoms with Gasteiger partial charge in [-0.1, -0.05) is 42.5 Å². The van der Waals surface area contributed by atoms with E-state index in [0.717, 1.165) is 38.4 Å². The number of nitrogens with one attached hydrogen (secondary N) is 2. The van der Waals surface area contributed by atoms with Crippen LogP contribution in [0.1, 0.15) is 46.8 Å². The zero-order valence-corrected chi connectivity index (χ0v) is 19.9. The molecule has 36 heavy (non-hydrogen) atoms. The lowest BCUT2D eigenvalue weighted by Gasteiger charge is -2.36. The Kier molecular flexibility index (Phi) is 6.75. The number of hydrogen-bond acceptors (Lipinski definition) is 3. The van der Waals surface area contributed by atoms with Crippen molar-refractivity contribution >= 4 is 22.7 Å². The number of likely N-dealkylation sites (tertiary alicyclic amines) is 2. The van der Waals surface area contributed by atoms with E-state index in [4.69, 9.17) is 0 Å². The van der Waals surface area contributed by atoms with Crippen molar-refractivity contribution in [3.05, 3.63) is 71.4 Å². The molecule has 0 spiro atoms. The second-order valence-corrected chi connectivity index (χ2v) is 9.64. The summed E-state index contributed by atoms with van der Waals surface area (Å²) in [5, 5.41) is 2.85. The quantitative estimate of drug-likeness (QED) is 0.548. The number of para-hydroxylation sites is 1. The molecule has 5 rings (SSSR count). The van der Waals surface area contributed by atoms with Crippen LogP contribution in [-0.4, -0.2) is 65.4 Å². The fourth-order valence-electron chi connectivity index (χ4n) is 5.47. The lowest BCUT2D eigenvalue weighted by atomic mass is 9.89. The molecule has 1 unspecified atom stereocenters. The molecule has 2 N–H and O–H groups in total. The van der Waals surface area contributed by atoms with Gasteiger partial charge in [0, 0.05) is 24.5 Å². The molecule has 0 saturated carbocycles. The number of H-pyrrole nitrogens is 1. The number of alkyl halides is 3. The minimum atomic E-state index is -4.53. The number of aromatic nitrogens is 1. The number of nitrogens with zero attached hydrogens (tertiary/aromatic N) is 2. The van der Waals surface area contributed by atoms with E-state index in [9.17, 15) is 22.8 Å². The Morgan fingerprint density at radius 2 is 1.72 bits per heavy atom. The van der Waals surface area contributed by atoms with Crippen molar-refractivity contribution < 1.29 is 22.8 Å². The first-order valence-corrected chi connectivity index (χ1v) is 12.3. The minimum absolute atomic E-state index is 0.00455. The first-order valence-electron chi connectivity index (χ1n) is 12.3. The summed E-state index contributed by atoms with van der Waals surface area (Å²) >= 11 is 0. The molecule has 190 valence electrons. The summed E-state index contributed by atoms with van der Waals surface area (Å²) in [4.78, 5) is 32.1. The highest BCUT2D eigenvalue weighted by Crippen LogP contribution is 2.34. The lowest BCUT2D eigenvalue weighted by molar-refractivity contribution is -0.136. The summed E-state index contributed by atoms with van der Waals surface area (Å²) in [6.45, 7) is 3.08. The highest BCUT2D eigenvalue weighted by Gasteiger charge is 2.34. The summed E-state index contributed by atoms with van der Waals surface area (Å²) in [5.41, 5.74) is 0.418. The number of hydrogen-bond donors (Lipinski definition) is 2. The van der Waals surface area contributed by atoms with Crippen LogP contribution in [0, 0.1) is 0 Å². The molecule has 9 heteroatoms. The van der Waals surface area contributed by atoms with Crippen LogP contribution in [0.3, 0.4) is 0 Å². The summed E-state index contributed by atoms with van der Waals surface area (Å²) < 4.78 is 39.7. The first kappa shape index (κ1) is 24.4. The van der Waals surface area contributed by atoms with Gasteiger partial charge in [-0.05, 0) is 56.0 Å². The van der Waals surface area contributed by atoms with Gasteiger partial charge in [-0.15, -0.1) is 0 Å². The Morgan fingerprint density at radius 3 is 2.44 bits per heavy atom. The van der Waals surface area contributed by atoms with E-state index in [0.29, 0.717) is 30.4 Å². The SMILES string of the molecule is O=C(NCC(=O)N1CCC(N2CCC(c3ccccc3)CC2)C1)c1cc2cccc(C(F)(F)F)c2[nH]1. The van der Waals surface area contributed by atoms with E-state index in [-0.39, 0.29) is 23.7 Å². The predicted octanol–water partition coefficient (Wildman–Crippen LogP) is 4.40. The van der Waals surface area contributed by atoms with Crippen molar-refractivity contribution in [2.75, 3.05) is 32.7 Å². The van der Waals surface area contributed by atoms with Gasteiger partial charge < -0.3 is 15.2 Å². The van der Waals surface area contributed by atoms with Crippen LogP contribution in [0.15, 0.2) is 54.6 Å². The minimum Gasteiger partial charge on any atom is -0.350 e. The van der Waals surface area contributed by atoms with Crippen LogP contribution < -0.4 is 5.32 Å². The molecule has 3 heterocycles. The van der Waals surface area contributed by atoms with Crippen molar-refractivity contribution in [3.8, 4) is 0 Å². The molecule has 2 saturated heterocycles. The summed E-state index contributed by atoms with van der Waals surface area (Å²) in [7, 11) is 0. The predicted molar refractivity (Wildman–Crippen MR) is 131 cm³/mol. The third kappa shape index (κ3) is 5.11. The van der Waals surface area contributed by atoms with Crippen molar-refractivity contribution in [2.24, 2.45) is 0 Å². The molecular weight excluding hydrogens is 469 g/mol. The Balaban J connectivity index is 1.12. The third-order valence-corrected chi connectivity index (χ3v) is 7.44. The van der Waals surface area contributed by atoms with Crippen LogP contribution in [0.4, 0.5) is 13.2 Å². The maximum Gasteiger partial charge on any atom is 0.418 e. The topological polar surface area (TPSA) is 68.4 Å². The number of amides is 2. The van der Waals surface area contributed by atoms with Gasteiger partial charge in [0.05, 0.1) is 17.6 Å². The van der Waals surface area contributed by atoms with Gasteiger partial charge in [-0.3, -0.25) is 14.5 Å². The number of halogens is 3. The Bertz CT molecular complexity index is 1230. The number of carbonyl (C=O) groups excluding carboxylic acids is 2. The molecule has 2 amide bonds. The van der Waals surface area contributed by atoms with Crippen LogP contribution in [0.5, 0.6) is 0 Å². The molecule has 2 aliphatic rings. The average molecular weight is 499 g/mol. The molecule has 0 bridgehead atoms. The lowest BCUT2D eigenvalue weighted by Crippen LogP contribution is -2.44. The zero-order chi connectivity index (χ0) is 25.3. The van der Waals surface area contributed by atoms with Gasteiger partial charge in [0.2, 0.25) is 5.91 Å². The Labute approximate surface area is 207 Å². The smallest absolute Gasteiger partial charge is 0.350 e. The van der Waals surface area contributed by atoms with E-state index in [2.05, 4.69) is 39.5 Å². The van der Waals surface area contributed by atoms with Gasteiger partial charge in [-0.2, -0.15) is 13.2 Å². The van der Waals surface area contributed by atoms with Crippen molar-refractivity contribution in [2.45, 2.75) is 37.4 Å². The number of piperidine rings is 1. The van der Waals surface area contributed by atoms with Crippen molar-refractivity contribution in [1.82, 2.24) is 20.1 Å². The summed E-state index contributed by atoms with van der Waals surface area (Å²) in [5.74, 6) is -0.211. The average Bonchev–Trinajstić information content (AvgIpc) is 3.55. The van der Waals surface area contributed by atoms with Crippen LogP contribution in [-0.2, 0) is 11.0 Å². The fraction of sp³-hybridized carbons (Fsp3) is 0.407. The largest absolute Gasteiger partial charge is 0.418 e. The van der Waals surface area contributed by atoms with E-state index >= 15 is 0 Å². The number of benzene rings is 2. The molecule has 2 aliphatic heterocycles. The van der Waals surface area contributed by atoms with E-state index in [1.807, 2.05) is 6.07 Å². The summed E-state index contributed by atoms with van der Waals surface area (Å²) in [6, 6.07) is 16.1. The third-order valence-electron chi connectivity index (χ3n) is 7.44. The molecule has 2 aromatic carbocycles. The van der Waals surface area contributed by atoms with Gasteiger partial charge in [0.1, 0.15) is 5.69 Å². The van der Waals surface area contributed by atoms with Gasteiger partial charge in [0.25, 0.3) is 5.91 Å². The molecular formula is C27H29F3N4O2. The standard InChI is InChI=1S/C27H29F3N4O2/c28-27(29,30)22-8-4-7-20-15-23(32-25(20)22)26(36)31-16-24(35)34-14-11-21(17-34)33-12-9-19(10-13-33)18-5-2-1-3-6-18/h1-8,15,19,21,32H,9-14,16-17H2,(H,31,36). The van der Waals surface area contributed by atoms with Crippen molar-refractivity contribution in [3.63, 3.8) is 0 Å². The Hall–Kier alpha value is -3.33. The second-order valence-electron chi connectivity index (χ2n) is 9.64. The summed E-state index contributed by atoms with van der Waals surface area (Å²) in [6.07, 6.45) is -1.43. The molecule has 6 nitrogen and oxygen atoms in total. The van der Waals surface area contributed by atoms with E-state index < -0.39 is 17.6 Å². The van der Waals surface area contributed by atoms with Gasteiger partial charge >= 0.3 is 6.18 Å². The Morgan fingerprint density at radius 1 is 0.972 bits per heavy atom. The number of rotatable bonds is 5. The maximum atomic E-state index is 13.2. The molecule has 3 aromatic rings. The van der Waals surface area contributed by atoms with E-state index in [1.54, 1.807) is 4.90 Å². The highest BCUT2D eigenvalue weighted by molar-refractivity contribution is 6.00. The zero-order valence-electron chi connectivity index (χ0n) is 19.9. The van der Waals surface area contributed by atoms with Crippen molar-refractivity contribution in [1.29, 1.82) is 0 Å². The first-order chi connectivity index (χ1) is 17.3. The molecule has 0 radical (unpaired) electrons. The maximum absolute atomic E-state index is 13.2. The van der Waals surface area contributed by atoms with Crippen LogP contribution in [0.2, 0.25) is 0 Å². The van der Waals surface area contributed by atoms with Gasteiger partial charge in [0.15, 0.2) is 0 Å². The molecule has 1 aromatic heterocycles. The molecule has 0 aliphatic carbocycles. The van der Waals surface area contributed by atoms with Crippen LogP contribution >= 0.6 is 0 Å². The number of carbonyl (C=O) groups is 2. The molecule has 2 fully saturated rings.